The molecular formula is C16H16BrN3. The van der Waals surface area contributed by atoms with Crippen molar-refractivity contribution in [2.45, 2.75) is 19.9 Å². The zero-order chi connectivity index (χ0) is 14.3. The van der Waals surface area contributed by atoms with Crippen molar-refractivity contribution in [3.63, 3.8) is 0 Å². The highest BCUT2D eigenvalue weighted by Gasteiger charge is 2.15. The van der Waals surface area contributed by atoms with E-state index in [1.54, 1.807) is 0 Å². The Labute approximate surface area is 126 Å². The molecule has 2 N–H and O–H groups in total. The molecule has 0 aliphatic heterocycles. The molecule has 1 heterocycles. The van der Waals surface area contributed by atoms with Gasteiger partial charge in [-0.05, 0) is 44.2 Å². The van der Waals surface area contributed by atoms with E-state index in [1.165, 1.54) is 0 Å². The van der Waals surface area contributed by atoms with E-state index >= 15 is 0 Å². The maximum atomic E-state index is 5.95. The Kier molecular flexibility index (Phi) is 3.26. The minimum Gasteiger partial charge on any atom is -0.399 e. The van der Waals surface area contributed by atoms with Crippen LogP contribution < -0.4 is 5.73 Å². The summed E-state index contributed by atoms with van der Waals surface area (Å²) in [5.41, 5.74) is 9.87. The Balaban J connectivity index is 2.32. The van der Waals surface area contributed by atoms with Gasteiger partial charge in [0.05, 0.1) is 11.0 Å². The molecule has 0 spiro atoms. The number of para-hydroxylation sites is 2. The average molecular weight is 330 g/mol. The molecule has 0 unspecified atom stereocenters. The number of rotatable bonds is 2. The average Bonchev–Trinajstić information content (AvgIpc) is 2.76. The summed E-state index contributed by atoms with van der Waals surface area (Å²) in [7, 11) is 0. The molecule has 2 aromatic carbocycles. The summed E-state index contributed by atoms with van der Waals surface area (Å²) in [4.78, 5) is 4.77. The number of fused-ring (bicyclic) bond motifs is 1. The van der Waals surface area contributed by atoms with E-state index < -0.39 is 0 Å². The van der Waals surface area contributed by atoms with Crippen LogP contribution in [-0.4, -0.2) is 9.55 Å². The predicted molar refractivity (Wildman–Crippen MR) is 87.7 cm³/mol. The van der Waals surface area contributed by atoms with Gasteiger partial charge in [-0.15, -0.1) is 0 Å². The van der Waals surface area contributed by atoms with Gasteiger partial charge in [-0.1, -0.05) is 28.1 Å². The number of hydrogen-bond donors (Lipinski definition) is 1. The molecule has 3 aromatic rings. The highest BCUT2D eigenvalue weighted by molar-refractivity contribution is 9.10. The lowest BCUT2D eigenvalue weighted by molar-refractivity contribution is 0.624. The lowest BCUT2D eigenvalue weighted by Crippen LogP contribution is -2.03. The number of nitrogens with zero attached hydrogens (tertiary/aromatic N) is 2. The third kappa shape index (κ3) is 2.20. The van der Waals surface area contributed by atoms with Crippen molar-refractivity contribution in [2.75, 3.05) is 5.73 Å². The number of aromatic nitrogens is 2. The molecule has 20 heavy (non-hydrogen) atoms. The number of nitrogen functional groups attached to an aromatic ring is 1. The summed E-state index contributed by atoms with van der Waals surface area (Å²) in [6.07, 6.45) is 0. The molecule has 3 nitrogen and oxygen atoms in total. The monoisotopic (exact) mass is 329 g/mol. The number of halogens is 1. The Morgan fingerprint density at radius 1 is 1.15 bits per heavy atom. The standard InChI is InChI=1S/C16H16BrN3/c1-10(2)20-15-6-4-3-5-14(15)19-16(20)11-7-12(17)9-13(18)8-11/h3-10H,18H2,1-2H3. The Morgan fingerprint density at radius 2 is 1.90 bits per heavy atom. The lowest BCUT2D eigenvalue weighted by Gasteiger charge is -2.13. The van der Waals surface area contributed by atoms with Gasteiger partial charge in [-0.3, -0.25) is 0 Å². The van der Waals surface area contributed by atoms with Gasteiger partial charge in [0.1, 0.15) is 5.82 Å². The third-order valence-corrected chi connectivity index (χ3v) is 3.75. The second kappa shape index (κ2) is 4.94. The number of imidazole rings is 1. The molecule has 0 amide bonds. The molecule has 0 aliphatic rings. The molecule has 4 heteroatoms. The molecule has 0 saturated carbocycles. The van der Waals surface area contributed by atoms with Gasteiger partial charge < -0.3 is 10.3 Å². The molecular weight excluding hydrogens is 314 g/mol. The van der Waals surface area contributed by atoms with Crippen LogP contribution in [0, 0.1) is 0 Å². The van der Waals surface area contributed by atoms with E-state index in [2.05, 4.69) is 46.5 Å². The maximum Gasteiger partial charge on any atom is 0.141 e. The first-order valence-corrected chi connectivity index (χ1v) is 7.39. The van der Waals surface area contributed by atoms with Crippen LogP contribution in [0.1, 0.15) is 19.9 Å². The summed E-state index contributed by atoms with van der Waals surface area (Å²) in [5.74, 6) is 0.953. The zero-order valence-corrected chi connectivity index (χ0v) is 13.1. The van der Waals surface area contributed by atoms with Crippen molar-refractivity contribution in [1.29, 1.82) is 0 Å². The van der Waals surface area contributed by atoms with Gasteiger partial charge in [0, 0.05) is 21.8 Å². The van der Waals surface area contributed by atoms with Gasteiger partial charge >= 0.3 is 0 Å². The minimum absolute atomic E-state index is 0.331. The summed E-state index contributed by atoms with van der Waals surface area (Å²) in [6, 6.07) is 14.4. The smallest absolute Gasteiger partial charge is 0.141 e. The highest BCUT2D eigenvalue weighted by atomic mass is 79.9. The Bertz CT molecular complexity index is 754. The molecule has 1 aromatic heterocycles. The van der Waals surface area contributed by atoms with Crippen molar-refractivity contribution in [3.8, 4) is 11.4 Å². The Morgan fingerprint density at radius 3 is 2.60 bits per heavy atom. The highest BCUT2D eigenvalue weighted by Crippen LogP contribution is 2.31. The van der Waals surface area contributed by atoms with E-state index in [0.29, 0.717) is 6.04 Å². The van der Waals surface area contributed by atoms with Crippen LogP contribution in [0.4, 0.5) is 5.69 Å². The fourth-order valence-corrected chi connectivity index (χ4v) is 3.02. The van der Waals surface area contributed by atoms with E-state index in [9.17, 15) is 0 Å². The van der Waals surface area contributed by atoms with E-state index in [1.807, 2.05) is 30.3 Å². The van der Waals surface area contributed by atoms with Crippen LogP contribution in [0.25, 0.3) is 22.4 Å². The summed E-state index contributed by atoms with van der Waals surface area (Å²) in [6.45, 7) is 4.33. The minimum atomic E-state index is 0.331. The number of nitrogens with two attached hydrogens (primary N) is 1. The van der Waals surface area contributed by atoms with Crippen molar-refractivity contribution in [1.82, 2.24) is 9.55 Å². The van der Waals surface area contributed by atoms with Crippen molar-refractivity contribution >= 4 is 32.7 Å². The van der Waals surface area contributed by atoms with Gasteiger partial charge in [0.2, 0.25) is 0 Å². The topological polar surface area (TPSA) is 43.8 Å². The van der Waals surface area contributed by atoms with Gasteiger partial charge in [-0.2, -0.15) is 0 Å². The second-order valence-electron chi connectivity index (χ2n) is 5.16. The molecule has 0 saturated heterocycles. The fourth-order valence-electron chi connectivity index (χ4n) is 2.51. The van der Waals surface area contributed by atoms with Crippen LogP contribution in [0.15, 0.2) is 46.9 Å². The van der Waals surface area contributed by atoms with Crippen molar-refractivity contribution < 1.29 is 0 Å². The van der Waals surface area contributed by atoms with E-state index in [0.717, 1.165) is 32.6 Å². The van der Waals surface area contributed by atoms with Gasteiger partial charge in [0.15, 0.2) is 0 Å². The quantitative estimate of drug-likeness (QED) is 0.696. The first-order valence-electron chi connectivity index (χ1n) is 6.59. The number of benzene rings is 2. The van der Waals surface area contributed by atoms with Crippen LogP contribution in [-0.2, 0) is 0 Å². The van der Waals surface area contributed by atoms with Gasteiger partial charge in [0.25, 0.3) is 0 Å². The molecule has 0 radical (unpaired) electrons. The third-order valence-electron chi connectivity index (χ3n) is 3.29. The van der Waals surface area contributed by atoms with Crippen LogP contribution in [0.5, 0.6) is 0 Å². The second-order valence-corrected chi connectivity index (χ2v) is 6.08. The molecule has 0 aliphatic carbocycles. The lowest BCUT2D eigenvalue weighted by atomic mass is 10.2. The van der Waals surface area contributed by atoms with E-state index in [4.69, 9.17) is 10.7 Å². The van der Waals surface area contributed by atoms with Gasteiger partial charge in [-0.25, -0.2) is 4.98 Å². The molecule has 0 fully saturated rings. The Hall–Kier alpha value is -1.81. The largest absolute Gasteiger partial charge is 0.399 e. The number of hydrogen-bond acceptors (Lipinski definition) is 2. The first-order chi connectivity index (χ1) is 9.56. The maximum absolute atomic E-state index is 5.95. The first kappa shape index (κ1) is 13.2. The summed E-state index contributed by atoms with van der Waals surface area (Å²) in [5, 5.41) is 0. The molecule has 102 valence electrons. The van der Waals surface area contributed by atoms with Crippen LogP contribution >= 0.6 is 15.9 Å². The molecule has 3 rings (SSSR count). The zero-order valence-electron chi connectivity index (χ0n) is 11.5. The molecule has 0 bridgehead atoms. The summed E-state index contributed by atoms with van der Waals surface area (Å²) >= 11 is 3.50. The SMILES string of the molecule is CC(C)n1c(-c2cc(N)cc(Br)c2)nc2ccccc21. The molecule has 0 atom stereocenters. The fraction of sp³-hybridized carbons (Fsp3) is 0.188. The predicted octanol–water partition coefficient (Wildman–Crippen LogP) is 4.63. The van der Waals surface area contributed by atoms with Crippen molar-refractivity contribution in [2.24, 2.45) is 0 Å². The summed E-state index contributed by atoms with van der Waals surface area (Å²) < 4.78 is 3.21. The normalized spacial score (nSPS) is 11.4. The van der Waals surface area contributed by atoms with E-state index in [-0.39, 0.29) is 0 Å². The van der Waals surface area contributed by atoms with Crippen LogP contribution in [0.3, 0.4) is 0 Å². The van der Waals surface area contributed by atoms with Crippen LogP contribution in [0.2, 0.25) is 0 Å². The van der Waals surface area contributed by atoms with Crippen molar-refractivity contribution in [3.05, 3.63) is 46.9 Å². The number of anilines is 1.